The lowest BCUT2D eigenvalue weighted by Gasteiger charge is -2.34. The number of aromatic amines is 6. The Bertz CT molecular complexity index is 7620. The average Bonchev–Trinajstić information content (AvgIpc) is 1.71. The first-order chi connectivity index (χ1) is 72.6. The highest BCUT2D eigenvalue weighted by Gasteiger charge is 2.24. The summed E-state index contributed by atoms with van der Waals surface area (Å²) >= 11 is 42.1. The van der Waals surface area contributed by atoms with Crippen LogP contribution in [0.5, 0.6) is 11.5 Å². The summed E-state index contributed by atoms with van der Waals surface area (Å²) in [7, 11) is 1.42. The van der Waals surface area contributed by atoms with Gasteiger partial charge in [-0.2, -0.15) is 62.2 Å². The highest BCUT2D eigenvalue weighted by Crippen LogP contribution is 2.32. The highest BCUT2D eigenvalue weighted by molar-refractivity contribution is 6.32. The van der Waals surface area contributed by atoms with Gasteiger partial charge >= 0.3 is 0 Å². The van der Waals surface area contributed by atoms with Crippen molar-refractivity contribution < 1.29 is 19.0 Å². The molecule has 760 valence electrons. The summed E-state index contributed by atoms with van der Waals surface area (Å²) in [5.74, 6) is 3.21. The summed E-state index contributed by atoms with van der Waals surface area (Å²) < 4.78 is 18.7. The molecule has 0 saturated carbocycles. The largest absolute Gasteiger partial charge is 0.508 e. The van der Waals surface area contributed by atoms with Gasteiger partial charge in [0.15, 0.2) is 46.5 Å². The van der Waals surface area contributed by atoms with E-state index in [1.54, 1.807) is 37.4 Å². The Labute approximate surface area is 902 Å². The zero-order valence-electron chi connectivity index (χ0n) is 82.4. The first kappa shape index (κ1) is 111. The molecule has 10 aromatic carbocycles. The van der Waals surface area contributed by atoms with Gasteiger partial charge in [-0.3, -0.25) is 40.3 Å². The standard InChI is InChI=1S/C20H19ClN4.C19H16ClFN4O.C19H17ClN4O.C19H17ClN4.C18H21ClN6O.C17H13Cl2N5/c1-13-6-7-16(14(2)8-13)12-23-20-18(11-22)19(24-25-20)10-15-4-3-5-17(21)9-15;1-26-18-6-5-13(8-16(18)21)11-23-19-15(10-22)17(24-25-19)9-12-3-2-4-14(20)7-12;1-12-5-6-14(18(25)7-12)11-22-19-16(10-21)17(23-24-19)9-13-3-2-4-15(20)8-13;1-13-5-7-14(8-6-13)12-22-19-17(11-21)18(23-24-19)10-15-3-2-4-16(20)9-15;1-13(26)25-7-5-24(6-8-25)12-21-18-16(11-20)17(22-23-18)10-14-3-2-4-15(19)9-14;18-13-5-1-3-11(7-13)8-15-14(9-20)17(24-23-15)22-10-12-4-2-6-21-16(12)19/h3-9H,10,12H2,1-2H3,(H2,23,24,25);2-8H,9,11H2,1H3,(H2,23,24,25);2-8,25H,9,11H2,1H3,(H2,22,23,24);2-9H,10,12H2,1H3,(H2,22,23,24);2-4,9H,5-8,10,12H2,1H3,(H2,21,22,23);1-7H,8,10H2,(H2,22,23,24). The second-order valence-corrected chi connectivity index (χ2v) is 37.7. The molecular formula is C112H103Cl7FN27O3. The number of amides is 1. The van der Waals surface area contributed by atoms with Crippen LogP contribution < -0.4 is 36.6 Å². The first-order valence-corrected chi connectivity index (χ1v) is 49.8. The van der Waals surface area contributed by atoms with Crippen molar-refractivity contribution in [3.63, 3.8) is 0 Å². The van der Waals surface area contributed by atoms with E-state index >= 15 is 0 Å². The minimum Gasteiger partial charge on any atom is -0.508 e. The van der Waals surface area contributed by atoms with Crippen LogP contribution in [0.3, 0.4) is 0 Å². The third-order valence-electron chi connectivity index (χ3n) is 23.8. The molecule has 0 radical (unpaired) electrons. The summed E-state index contributed by atoms with van der Waals surface area (Å²) in [6.45, 7) is 15.8. The smallest absolute Gasteiger partial charge is 0.219 e. The molecule has 0 aliphatic carbocycles. The lowest BCUT2D eigenvalue weighted by atomic mass is 10.1. The van der Waals surface area contributed by atoms with E-state index in [-0.39, 0.29) is 17.4 Å². The Kier molecular flexibility index (Phi) is 40.7. The third-order valence-corrected chi connectivity index (χ3v) is 25.5. The number of hydrogen-bond acceptors (Lipinski definition) is 23. The number of benzene rings is 10. The molecule has 1 amide bonds. The molecule has 1 aliphatic rings. The Balaban J connectivity index is 0.000000150. The number of nitrogens with zero attached hydrogens (tertiary/aromatic N) is 15. The highest BCUT2D eigenvalue weighted by atomic mass is 35.5. The van der Waals surface area contributed by atoms with Crippen LogP contribution in [0, 0.1) is 101 Å². The zero-order chi connectivity index (χ0) is 107. The van der Waals surface area contributed by atoms with Crippen LogP contribution in [0.1, 0.15) is 158 Å². The normalized spacial score (nSPS) is 11.2. The van der Waals surface area contributed by atoms with Crippen LogP contribution in [0.15, 0.2) is 243 Å². The van der Waals surface area contributed by atoms with Crippen molar-refractivity contribution in [2.24, 2.45) is 0 Å². The molecule has 0 unspecified atom stereocenters. The van der Waals surface area contributed by atoms with E-state index in [1.165, 1.54) is 35.4 Å². The molecule has 18 rings (SSSR count). The number of pyridine rings is 1. The predicted octanol–water partition coefficient (Wildman–Crippen LogP) is 23.9. The van der Waals surface area contributed by atoms with E-state index in [4.69, 9.17) is 85.9 Å². The number of piperazine rings is 1. The maximum atomic E-state index is 13.8. The number of halogens is 8. The van der Waals surface area contributed by atoms with Gasteiger partial charge < -0.3 is 46.6 Å². The van der Waals surface area contributed by atoms with E-state index < -0.39 is 5.82 Å². The Morgan fingerprint density at radius 3 is 0.993 bits per heavy atom. The zero-order valence-corrected chi connectivity index (χ0v) is 87.7. The number of aryl methyl sites for hydroxylation is 4. The van der Waals surface area contributed by atoms with Gasteiger partial charge in [0.25, 0.3) is 0 Å². The summed E-state index contributed by atoms with van der Waals surface area (Å²) in [6, 6.07) is 86.9. The van der Waals surface area contributed by atoms with Gasteiger partial charge in [0.1, 0.15) is 80.7 Å². The van der Waals surface area contributed by atoms with Crippen molar-refractivity contribution in [2.75, 3.05) is 71.9 Å². The van der Waals surface area contributed by atoms with Gasteiger partial charge in [0.2, 0.25) is 5.91 Å². The number of carbonyl (C=O) groups excluding carboxylic acids is 1. The first-order valence-electron chi connectivity index (χ1n) is 47.2. The molecule has 1 fully saturated rings. The van der Waals surface area contributed by atoms with Gasteiger partial charge in [-0.15, -0.1) is 0 Å². The van der Waals surface area contributed by atoms with Crippen LogP contribution >= 0.6 is 81.2 Å². The number of methoxy groups -OCH3 is 1. The van der Waals surface area contributed by atoms with Crippen molar-refractivity contribution in [3.05, 3.63) is 435 Å². The lowest BCUT2D eigenvalue weighted by molar-refractivity contribution is -0.130. The quantitative estimate of drug-likeness (QED) is 0.0179. The molecule has 0 bridgehead atoms. The molecule has 1 saturated heterocycles. The fraction of sp³-hybridized carbons (Fsp3) is 0.196. The van der Waals surface area contributed by atoms with Gasteiger partial charge in [0.05, 0.1) is 47.9 Å². The van der Waals surface area contributed by atoms with E-state index in [0.29, 0.717) is 193 Å². The number of ether oxygens (including phenoxy) is 1. The summed E-state index contributed by atoms with van der Waals surface area (Å²) in [5, 5.41) is 133. The third kappa shape index (κ3) is 32.2. The van der Waals surface area contributed by atoms with Crippen molar-refractivity contribution in [1.82, 2.24) is 76.0 Å². The molecular weight excluding hydrogens is 2040 g/mol. The molecule has 150 heavy (non-hydrogen) atoms. The Hall–Kier alpha value is -16.7. The number of aromatic hydroxyl groups is 1. The fourth-order valence-electron chi connectivity index (χ4n) is 15.9. The second kappa shape index (κ2) is 55.2. The van der Waals surface area contributed by atoms with Gasteiger partial charge in [-0.05, 0) is 186 Å². The minimum atomic E-state index is -0.434. The summed E-state index contributed by atoms with van der Waals surface area (Å²) in [4.78, 5) is 19.4. The Morgan fingerprint density at radius 2 is 0.673 bits per heavy atom. The molecule has 7 aromatic heterocycles. The minimum absolute atomic E-state index is 0.113. The number of nitriles is 6. The number of anilines is 6. The maximum absolute atomic E-state index is 13.8. The number of phenols is 1. The molecule has 0 spiro atoms. The second-order valence-electron chi connectivity index (χ2n) is 34.8. The molecule has 38 heteroatoms. The van der Waals surface area contributed by atoms with Crippen LogP contribution in [0.2, 0.25) is 35.3 Å². The van der Waals surface area contributed by atoms with E-state index in [0.717, 1.165) is 110 Å². The maximum Gasteiger partial charge on any atom is 0.219 e. The number of carbonyl (C=O) groups is 1. The average molecular weight is 2140 g/mol. The molecule has 1 aliphatic heterocycles. The van der Waals surface area contributed by atoms with E-state index in [2.05, 4.69) is 203 Å². The van der Waals surface area contributed by atoms with Gasteiger partial charge in [-0.25, -0.2) is 9.37 Å². The number of nitrogens with one attached hydrogen (secondary N) is 12. The molecule has 8 heterocycles. The monoisotopic (exact) mass is 2140 g/mol. The number of rotatable bonds is 31. The summed E-state index contributed by atoms with van der Waals surface area (Å²) in [6.07, 6.45) is 4.96. The molecule has 13 N–H and O–H groups in total. The number of hydrogen-bond donors (Lipinski definition) is 13. The number of H-pyrrole nitrogens is 6. The topological polar surface area (TPSA) is 453 Å². The number of aromatic nitrogens is 13. The molecule has 17 aromatic rings. The lowest BCUT2D eigenvalue weighted by Crippen LogP contribution is -2.49. The molecule has 0 atom stereocenters. The summed E-state index contributed by atoms with van der Waals surface area (Å²) in [5.41, 5.74) is 22.8. The van der Waals surface area contributed by atoms with Gasteiger partial charge in [0, 0.05) is 152 Å². The van der Waals surface area contributed by atoms with Crippen molar-refractivity contribution in [2.45, 2.75) is 106 Å². The van der Waals surface area contributed by atoms with Crippen LogP contribution in [0.4, 0.5) is 39.3 Å². The Morgan fingerprint density at radius 1 is 0.360 bits per heavy atom. The van der Waals surface area contributed by atoms with Crippen molar-refractivity contribution in [1.29, 1.82) is 31.6 Å². The van der Waals surface area contributed by atoms with Crippen LogP contribution in [0.25, 0.3) is 0 Å². The van der Waals surface area contributed by atoms with E-state index in [1.807, 2.05) is 176 Å². The number of phenolic OH excluding ortho intramolecular Hbond substituents is 1. The van der Waals surface area contributed by atoms with E-state index in [9.17, 15) is 45.9 Å². The molecule has 30 nitrogen and oxygen atoms in total. The fourth-order valence-corrected chi connectivity index (χ4v) is 17.4. The van der Waals surface area contributed by atoms with Crippen molar-refractivity contribution >= 4 is 122 Å². The predicted molar refractivity (Wildman–Crippen MR) is 586 cm³/mol. The van der Waals surface area contributed by atoms with Crippen LogP contribution in [-0.4, -0.2) is 127 Å². The SMILES string of the molecule is CC(=O)N1CCN(CNc2n[nH]c(Cc3cccc(Cl)c3)c2C#N)CC1.COc1ccc(CNc2n[nH]c(Cc3cccc(Cl)c3)c2C#N)cc1F.Cc1ccc(CNc2n[nH]c(Cc3cccc(Cl)c3)c2C#N)c(C)c1.Cc1ccc(CNc2n[nH]c(Cc3cccc(Cl)c3)c2C#N)c(O)c1.Cc1ccc(CNc2n[nH]c(Cc3cccc(Cl)c3)c2C#N)cc1.N#Cc1c(NCc2cccnc2Cl)n[nH]c1Cc1cccc(Cl)c1. The van der Waals surface area contributed by atoms with Crippen molar-refractivity contribution in [3.8, 4) is 47.9 Å². The van der Waals surface area contributed by atoms with Gasteiger partial charge in [-0.1, -0.05) is 232 Å². The van der Waals surface area contributed by atoms with Crippen LogP contribution in [-0.2, 0) is 76.0 Å².